The molecule has 2 nitrogen and oxygen atoms in total. The first-order valence-corrected chi connectivity index (χ1v) is 9.55. The summed E-state index contributed by atoms with van der Waals surface area (Å²) in [6, 6.07) is 13.9. The lowest BCUT2D eigenvalue weighted by atomic mass is 9.89. The van der Waals surface area contributed by atoms with Crippen molar-refractivity contribution in [1.82, 2.24) is 0 Å². The third-order valence-corrected chi connectivity index (χ3v) is 5.21. The Morgan fingerprint density at radius 2 is 1.73 bits per heavy atom. The van der Waals surface area contributed by atoms with Gasteiger partial charge in [-0.15, -0.1) is 0 Å². The third kappa shape index (κ3) is 4.64. The highest BCUT2D eigenvalue weighted by molar-refractivity contribution is 5.57. The first-order chi connectivity index (χ1) is 12.5. The molecule has 26 heavy (non-hydrogen) atoms. The van der Waals surface area contributed by atoms with E-state index in [-0.39, 0.29) is 5.82 Å². The van der Waals surface area contributed by atoms with Crippen LogP contribution in [0.2, 0.25) is 0 Å². The summed E-state index contributed by atoms with van der Waals surface area (Å²) >= 11 is 0. The van der Waals surface area contributed by atoms with Gasteiger partial charge >= 0.3 is 0 Å². The van der Waals surface area contributed by atoms with E-state index in [1.807, 2.05) is 0 Å². The van der Waals surface area contributed by atoms with Crippen molar-refractivity contribution in [2.45, 2.75) is 39.5 Å². The molecule has 0 amide bonds. The number of anilines is 1. The van der Waals surface area contributed by atoms with E-state index in [0.29, 0.717) is 23.2 Å². The third-order valence-electron chi connectivity index (χ3n) is 5.21. The molecule has 0 aromatic heterocycles. The van der Waals surface area contributed by atoms with Crippen molar-refractivity contribution in [3.8, 4) is 0 Å². The second kappa shape index (κ2) is 8.36. The molecule has 1 heterocycles. The van der Waals surface area contributed by atoms with E-state index in [1.54, 1.807) is 12.1 Å². The summed E-state index contributed by atoms with van der Waals surface area (Å²) in [5, 5.41) is 0. The van der Waals surface area contributed by atoms with E-state index >= 15 is 0 Å². The topological polar surface area (TPSA) is 7.60 Å². The Kier molecular flexibility index (Phi) is 5.93. The fraction of sp³-hybridized carbons (Fsp3) is 0.435. The van der Waals surface area contributed by atoms with E-state index in [1.165, 1.54) is 17.2 Å². The average molecular weight is 350 g/mol. The maximum Gasteiger partial charge on any atom is 0.190 e. The quantitative estimate of drug-likeness (QED) is 0.597. The van der Waals surface area contributed by atoms with Gasteiger partial charge in [0.25, 0.3) is 0 Å². The molecule has 136 valence electrons. The molecular weight excluding hydrogens is 323 g/mol. The summed E-state index contributed by atoms with van der Waals surface area (Å²) in [7, 11) is 0. The Balaban J connectivity index is 1.55. The van der Waals surface area contributed by atoms with Gasteiger partial charge < -0.3 is 4.90 Å². The fourth-order valence-electron chi connectivity index (χ4n) is 3.82. The predicted octanol–water partition coefficient (Wildman–Crippen LogP) is 6.03. The molecule has 1 aliphatic rings. The molecule has 0 spiro atoms. The van der Waals surface area contributed by atoms with E-state index < -0.39 is 0 Å². The summed E-state index contributed by atoms with van der Waals surface area (Å²) in [6.45, 7) is 13.2. The molecule has 0 aliphatic carbocycles. The van der Waals surface area contributed by atoms with Crippen molar-refractivity contribution in [1.29, 1.82) is 0 Å². The molecular formula is C23H27FN2. The minimum atomic E-state index is -0.280. The standard InChI is InChI=1S/C23H27FN2/c1-17(2)14-18-4-6-19(7-5-18)15-20-10-12-26(13-11-20)23-9-8-21(25-3)16-22(23)24/h4-9,16-17,20H,10-15H2,1-2H3. The van der Waals surface area contributed by atoms with Crippen LogP contribution in [0.5, 0.6) is 0 Å². The molecule has 2 aromatic rings. The van der Waals surface area contributed by atoms with Crippen molar-refractivity contribution in [3.05, 3.63) is 70.8 Å². The Morgan fingerprint density at radius 1 is 1.08 bits per heavy atom. The van der Waals surface area contributed by atoms with Gasteiger partial charge in [0.15, 0.2) is 5.69 Å². The molecule has 3 rings (SSSR count). The van der Waals surface area contributed by atoms with E-state index in [4.69, 9.17) is 6.57 Å². The fourth-order valence-corrected chi connectivity index (χ4v) is 3.82. The first-order valence-electron chi connectivity index (χ1n) is 9.55. The lowest BCUT2D eigenvalue weighted by molar-refractivity contribution is 0.401. The molecule has 2 aromatic carbocycles. The normalized spacial score (nSPS) is 15.3. The van der Waals surface area contributed by atoms with Crippen LogP contribution in [0.1, 0.15) is 37.8 Å². The monoisotopic (exact) mass is 350 g/mol. The highest BCUT2D eigenvalue weighted by Gasteiger charge is 2.21. The zero-order valence-electron chi connectivity index (χ0n) is 15.7. The Bertz CT molecular complexity index is 766. The van der Waals surface area contributed by atoms with E-state index in [2.05, 4.69) is 47.9 Å². The van der Waals surface area contributed by atoms with Gasteiger partial charge in [-0.3, -0.25) is 0 Å². The van der Waals surface area contributed by atoms with E-state index in [9.17, 15) is 4.39 Å². The van der Waals surface area contributed by atoms with Crippen LogP contribution < -0.4 is 4.90 Å². The first kappa shape index (κ1) is 18.5. The molecule has 0 saturated carbocycles. The zero-order chi connectivity index (χ0) is 18.5. The summed E-state index contributed by atoms with van der Waals surface area (Å²) in [5.41, 5.74) is 3.82. The van der Waals surface area contributed by atoms with Crippen molar-refractivity contribution < 1.29 is 4.39 Å². The zero-order valence-corrected chi connectivity index (χ0v) is 15.7. The highest BCUT2D eigenvalue weighted by atomic mass is 19.1. The lowest BCUT2D eigenvalue weighted by Gasteiger charge is -2.34. The minimum absolute atomic E-state index is 0.280. The number of benzene rings is 2. The van der Waals surface area contributed by atoms with Crippen molar-refractivity contribution in [2.75, 3.05) is 18.0 Å². The number of hydrogen-bond donors (Lipinski definition) is 0. The molecule has 0 bridgehead atoms. The van der Waals surface area contributed by atoms with Crippen molar-refractivity contribution >= 4 is 11.4 Å². The second-order valence-electron chi connectivity index (χ2n) is 7.80. The smallest absolute Gasteiger partial charge is 0.190 e. The van der Waals surface area contributed by atoms with Gasteiger partial charge in [-0.1, -0.05) is 44.2 Å². The lowest BCUT2D eigenvalue weighted by Crippen LogP contribution is -2.34. The predicted molar refractivity (Wildman–Crippen MR) is 106 cm³/mol. The number of hydrogen-bond acceptors (Lipinski definition) is 1. The Morgan fingerprint density at radius 3 is 2.31 bits per heavy atom. The van der Waals surface area contributed by atoms with Gasteiger partial charge in [-0.25, -0.2) is 9.24 Å². The van der Waals surface area contributed by atoms with E-state index in [0.717, 1.165) is 38.8 Å². The molecule has 1 saturated heterocycles. The molecule has 1 aliphatic heterocycles. The number of piperidine rings is 1. The van der Waals surface area contributed by atoms with Gasteiger partial charge in [0, 0.05) is 13.1 Å². The Hall–Kier alpha value is -2.34. The largest absolute Gasteiger partial charge is 0.369 e. The number of nitrogens with zero attached hydrogens (tertiary/aromatic N) is 2. The maximum atomic E-state index is 14.2. The van der Waals surface area contributed by atoms with Crippen LogP contribution in [0.25, 0.3) is 4.85 Å². The number of rotatable bonds is 5. The maximum absolute atomic E-state index is 14.2. The minimum Gasteiger partial charge on any atom is -0.369 e. The van der Waals surface area contributed by atoms with Crippen LogP contribution in [0.4, 0.5) is 15.8 Å². The van der Waals surface area contributed by atoms with Crippen molar-refractivity contribution in [3.63, 3.8) is 0 Å². The average Bonchev–Trinajstić information content (AvgIpc) is 2.63. The molecule has 0 radical (unpaired) electrons. The van der Waals surface area contributed by atoms with Crippen LogP contribution in [-0.2, 0) is 12.8 Å². The van der Waals surface area contributed by atoms with Gasteiger partial charge in [0.05, 0.1) is 12.3 Å². The summed E-state index contributed by atoms with van der Waals surface area (Å²) in [4.78, 5) is 5.41. The second-order valence-corrected chi connectivity index (χ2v) is 7.80. The van der Waals surface area contributed by atoms with Crippen LogP contribution in [0, 0.1) is 24.2 Å². The van der Waals surface area contributed by atoms with Crippen LogP contribution in [-0.4, -0.2) is 13.1 Å². The summed E-state index contributed by atoms with van der Waals surface area (Å²) < 4.78 is 14.2. The highest BCUT2D eigenvalue weighted by Crippen LogP contribution is 2.29. The molecule has 0 atom stereocenters. The van der Waals surface area contributed by atoms with Gasteiger partial charge in [0.2, 0.25) is 0 Å². The molecule has 1 fully saturated rings. The summed E-state index contributed by atoms with van der Waals surface area (Å²) in [5.74, 6) is 1.07. The van der Waals surface area contributed by atoms with Gasteiger partial charge in [-0.2, -0.15) is 0 Å². The Labute approximate surface area is 156 Å². The van der Waals surface area contributed by atoms with Crippen LogP contribution in [0.3, 0.4) is 0 Å². The number of halogens is 1. The van der Waals surface area contributed by atoms with Gasteiger partial charge in [-0.05, 0) is 60.8 Å². The molecule has 3 heteroatoms. The SMILES string of the molecule is [C-]#[N+]c1ccc(N2CCC(Cc3ccc(CC(C)C)cc3)CC2)c(F)c1. The summed E-state index contributed by atoms with van der Waals surface area (Å²) in [6.07, 6.45) is 4.40. The molecule has 0 unspecified atom stereocenters. The van der Waals surface area contributed by atoms with Crippen molar-refractivity contribution in [2.24, 2.45) is 11.8 Å². The molecule has 0 N–H and O–H groups in total. The van der Waals surface area contributed by atoms with Crippen LogP contribution in [0.15, 0.2) is 42.5 Å². The van der Waals surface area contributed by atoms with Crippen LogP contribution >= 0.6 is 0 Å². The van der Waals surface area contributed by atoms with Gasteiger partial charge in [0.1, 0.15) is 5.82 Å².